The molecule has 0 N–H and O–H groups in total. The maximum atomic E-state index is 15.4. The molecule has 0 saturated heterocycles. The van der Waals surface area contributed by atoms with E-state index in [0.29, 0.717) is 13.2 Å². The van der Waals surface area contributed by atoms with Crippen LogP contribution < -0.4 is 0 Å². The molecule has 0 aromatic rings. The second-order valence-corrected chi connectivity index (χ2v) is 27.9. The van der Waals surface area contributed by atoms with Crippen LogP contribution in [-0.4, -0.2) is 13.2 Å². The molecule has 0 unspecified atom stereocenters. The molecule has 0 saturated carbocycles. The molecule has 3 nitrogen and oxygen atoms in total. The minimum Gasteiger partial charge on any atom is -0.0654 e. The van der Waals surface area contributed by atoms with Crippen LogP contribution in [0, 0.1) is 0 Å². The molecule has 0 fully saturated rings. The van der Waals surface area contributed by atoms with Gasteiger partial charge in [-0.25, -0.2) is 0 Å². The molecule has 0 aliphatic rings. The molecule has 0 heterocycles. The van der Waals surface area contributed by atoms with Crippen LogP contribution in [0.5, 0.6) is 0 Å². The molecule has 0 aliphatic carbocycles. The zero-order valence-electron chi connectivity index (χ0n) is 36.8. The number of rotatable bonds is 46. The van der Waals surface area contributed by atoms with Crippen molar-refractivity contribution >= 4 is 0 Å². The van der Waals surface area contributed by atoms with Crippen molar-refractivity contribution in [3.8, 4) is 0 Å². The average Bonchev–Trinajstić information content (AvgIpc) is 3.14. The van der Waals surface area contributed by atoms with Gasteiger partial charge < -0.3 is 0 Å². The fraction of sp³-hybridized carbons (Fsp3) is 1.00. The minimum atomic E-state index is -5.04. The van der Waals surface area contributed by atoms with E-state index in [2.05, 4.69) is 27.7 Å². The molecule has 52 heavy (non-hydrogen) atoms. The number of hydrogen-bond donors (Lipinski definition) is 0. The summed E-state index contributed by atoms with van der Waals surface area (Å²) in [6, 6.07) is 0. The summed E-state index contributed by atoms with van der Waals surface area (Å²) in [6.07, 6.45) is 52.4. The average molecular weight is 817 g/mol. The molecule has 0 aliphatic heterocycles. The van der Waals surface area contributed by atoms with Gasteiger partial charge in [-0.05, 0) is 0 Å². The van der Waals surface area contributed by atoms with Crippen molar-refractivity contribution in [3.05, 3.63) is 0 Å². The van der Waals surface area contributed by atoms with Crippen LogP contribution in [0.15, 0.2) is 0 Å². The van der Waals surface area contributed by atoms with Crippen molar-refractivity contribution in [2.24, 2.45) is 0 Å². The van der Waals surface area contributed by atoms with Gasteiger partial charge in [-0.15, -0.1) is 0 Å². The van der Waals surface area contributed by atoms with Gasteiger partial charge in [-0.2, -0.15) is 0 Å². The van der Waals surface area contributed by atoms with Crippen LogP contribution in [0.3, 0.4) is 0 Å². The maximum absolute atomic E-state index is 15.4. The molecule has 0 aromatic carbocycles. The van der Waals surface area contributed by atoms with Crippen molar-refractivity contribution in [3.63, 3.8) is 0 Å². The number of unbranched alkanes of at least 4 members (excludes halogenated alkanes) is 36. The Hall–Kier alpha value is 0.603. The van der Waals surface area contributed by atoms with E-state index in [1.54, 1.807) is 0 Å². The molecule has 0 aromatic heterocycles. The van der Waals surface area contributed by atoms with Crippen molar-refractivity contribution in [2.75, 3.05) is 13.2 Å². The zero-order valence-corrected chi connectivity index (χ0v) is 39.3. The second kappa shape index (κ2) is 41.2. The summed E-state index contributed by atoms with van der Waals surface area (Å²) in [6.45, 7) is 10.5. The van der Waals surface area contributed by atoms with Crippen molar-refractivity contribution in [1.29, 1.82) is 0 Å². The molecular formula is C48H100O3Zr. The van der Waals surface area contributed by atoms with Gasteiger partial charge in [0.15, 0.2) is 0 Å². The first-order valence-electron chi connectivity index (χ1n) is 24.7. The Morgan fingerprint density at radius 3 is 0.635 bits per heavy atom. The summed E-state index contributed by atoms with van der Waals surface area (Å²) < 4.78 is 30.4. The van der Waals surface area contributed by atoms with Crippen molar-refractivity contribution < 1.29 is 28.1 Å². The van der Waals surface area contributed by atoms with E-state index in [1.807, 2.05) is 0 Å². The quantitative estimate of drug-likeness (QED) is 0.0574. The van der Waals surface area contributed by atoms with Gasteiger partial charge >= 0.3 is 320 Å². The standard InChI is InChI=1S/2C12H25O.2C12H25.O.Zr/c2*1-2-3-4-5-6-7-8-9-10-11-12-13;2*1-3-5-7-9-11-12-10-8-6-4-2;;/h2*2-12H2,1H3;2*1,3-12H2,2H3;;/q2*-1;;;;+2. The molecule has 4 heteroatoms. The summed E-state index contributed by atoms with van der Waals surface area (Å²) in [5.74, 6) is 0. The Balaban J connectivity index is 5.07. The summed E-state index contributed by atoms with van der Waals surface area (Å²) in [7, 11) is 0. The van der Waals surface area contributed by atoms with Crippen LogP contribution in [-0.2, 0) is 28.1 Å². The van der Waals surface area contributed by atoms with Gasteiger partial charge in [-0.1, -0.05) is 13.8 Å². The van der Waals surface area contributed by atoms with E-state index in [-0.39, 0.29) is 0 Å². The summed E-state index contributed by atoms with van der Waals surface area (Å²) >= 11 is -5.04. The van der Waals surface area contributed by atoms with Gasteiger partial charge in [0.2, 0.25) is 0 Å². The van der Waals surface area contributed by atoms with Crippen LogP contribution in [0.1, 0.15) is 285 Å². The van der Waals surface area contributed by atoms with E-state index >= 15 is 2.81 Å². The van der Waals surface area contributed by atoms with Gasteiger partial charge in [0.1, 0.15) is 0 Å². The second-order valence-electron chi connectivity index (χ2n) is 17.3. The third kappa shape index (κ3) is 36.3. The van der Waals surface area contributed by atoms with E-state index in [0.717, 1.165) is 33.9 Å². The van der Waals surface area contributed by atoms with Gasteiger partial charge in [-0.3, -0.25) is 0 Å². The Bertz CT molecular complexity index is 677. The van der Waals surface area contributed by atoms with Crippen molar-refractivity contribution in [2.45, 2.75) is 293 Å². The van der Waals surface area contributed by atoms with E-state index < -0.39 is 19.7 Å². The Morgan fingerprint density at radius 2 is 0.423 bits per heavy atom. The van der Waals surface area contributed by atoms with Crippen LogP contribution in [0.2, 0.25) is 8.26 Å². The van der Waals surface area contributed by atoms with Crippen LogP contribution in [0.4, 0.5) is 0 Å². The molecule has 0 amide bonds. The Kier molecular flexibility index (Phi) is 41.7. The predicted octanol–water partition coefficient (Wildman–Crippen LogP) is 18.4. The fourth-order valence-electron chi connectivity index (χ4n) is 8.14. The Labute approximate surface area is 332 Å². The zero-order chi connectivity index (χ0) is 38.0. The molecule has 0 atom stereocenters. The van der Waals surface area contributed by atoms with Crippen molar-refractivity contribution in [1.82, 2.24) is 0 Å². The third-order valence-electron chi connectivity index (χ3n) is 11.9. The molecule has 314 valence electrons. The predicted molar refractivity (Wildman–Crippen MR) is 230 cm³/mol. The van der Waals surface area contributed by atoms with Gasteiger partial charge in [0.25, 0.3) is 0 Å². The van der Waals surface area contributed by atoms with E-state index in [1.165, 1.54) is 231 Å². The minimum absolute atomic E-state index is 0.652. The summed E-state index contributed by atoms with van der Waals surface area (Å²) in [5.41, 5.74) is 0. The number of hydrogen-bond acceptors (Lipinski definition) is 3. The molecule has 0 spiro atoms. The van der Waals surface area contributed by atoms with E-state index in [4.69, 9.17) is 5.63 Å². The third-order valence-corrected chi connectivity index (χ3v) is 22.5. The molecule has 0 rings (SSSR count). The molecule has 0 radical (unpaired) electrons. The first kappa shape index (κ1) is 52.6. The normalized spacial score (nSPS) is 12.3. The SMILES string of the molecule is CCCCCCCCCCCC[O][Zr](=[O])([CH2]CCCCCCCCCCC)([CH2]CCCCCCCCCCC)[O]CCCCCCCCCCCC. The fourth-order valence-corrected chi connectivity index (χ4v) is 17.9. The summed E-state index contributed by atoms with van der Waals surface area (Å²) in [4.78, 5) is 0. The smallest absolute Gasteiger partial charge is 0.0654 e. The van der Waals surface area contributed by atoms with Gasteiger partial charge in [0, 0.05) is 0 Å². The molecule has 0 bridgehead atoms. The first-order chi connectivity index (χ1) is 25.5. The van der Waals surface area contributed by atoms with E-state index in [9.17, 15) is 0 Å². The van der Waals surface area contributed by atoms with Crippen LogP contribution >= 0.6 is 0 Å². The topological polar surface area (TPSA) is 35.5 Å². The van der Waals surface area contributed by atoms with Gasteiger partial charge in [0.05, 0.1) is 0 Å². The molecular weight excluding hydrogens is 716 g/mol. The Morgan fingerprint density at radius 1 is 0.250 bits per heavy atom. The first-order valence-corrected chi connectivity index (χ1v) is 31.2. The van der Waals surface area contributed by atoms with Crippen LogP contribution in [0.25, 0.3) is 0 Å². The summed E-state index contributed by atoms with van der Waals surface area (Å²) in [5, 5.41) is 0. The monoisotopic (exact) mass is 815 g/mol.